The number of hydrogen-bond donors (Lipinski definition) is 1. The number of piperidine rings is 1. The summed E-state index contributed by atoms with van der Waals surface area (Å²) in [6.45, 7) is 4.55. The molecule has 0 radical (unpaired) electrons. The highest BCUT2D eigenvalue weighted by molar-refractivity contribution is 9.10. The molecule has 1 aliphatic heterocycles. The SMILES string of the molecule is CCCC1CCCCN1c1cc(Br)ccc1CNC1CC1. The first-order chi connectivity index (χ1) is 10.3. The smallest absolute Gasteiger partial charge is 0.0425 e. The van der Waals surface area contributed by atoms with Crippen LogP contribution in [0.1, 0.15) is 57.4 Å². The van der Waals surface area contributed by atoms with Crippen LogP contribution in [0, 0.1) is 0 Å². The standard InChI is InChI=1S/C18H27BrN2/c1-2-5-17-6-3-4-11-21(17)18-12-15(19)8-7-14(18)13-20-16-9-10-16/h7-8,12,16-17,20H,2-6,9-11,13H2,1H3. The van der Waals surface area contributed by atoms with Crippen molar-refractivity contribution in [2.75, 3.05) is 11.4 Å². The lowest BCUT2D eigenvalue weighted by Crippen LogP contribution is -2.40. The van der Waals surface area contributed by atoms with Gasteiger partial charge < -0.3 is 10.2 Å². The van der Waals surface area contributed by atoms with E-state index in [1.165, 1.54) is 67.2 Å². The van der Waals surface area contributed by atoms with E-state index in [2.05, 4.69) is 51.3 Å². The first kappa shape index (κ1) is 15.4. The van der Waals surface area contributed by atoms with E-state index >= 15 is 0 Å². The molecular formula is C18H27BrN2. The van der Waals surface area contributed by atoms with E-state index in [4.69, 9.17) is 0 Å². The second-order valence-electron chi connectivity index (χ2n) is 6.56. The maximum absolute atomic E-state index is 3.68. The van der Waals surface area contributed by atoms with Gasteiger partial charge in [0.15, 0.2) is 0 Å². The highest BCUT2D eigenvalue weighted by atomic mass is 79.9. The summed E-state index contributed by atoms with van der Waals surface area (Å²) in [6, 6.07) is 8.32. The zero-order chi connectivity index (χ0) is 14.7. The highest BCUT2D eigenvalue weighted by Crippen LogP contribution is 2.32. The Balaban J connectivity index is 1.80. The first-order valence-electron chi connectivity index (χ1n) is 8.56. The molecule has 0 spiro atoms. The third kappa shape index (κ3) is 4.01. The summed E-state index contributed by atoms with van der Waals surface area (Å²) in [5, 5.41) is 3.68. The quantitative estimate of drug-likeness (QED) is 0.787. The molecule has 3 heteroatoms. The molecule has 3 rings (SSSR count). The van der Waals surface area contributed by atoms with Gasteiger partial charge in [-0.15, -0.1) is 0 Å². The van der Waals surface area contributed by atoms with Crippen molar-refractivity contribution < 1.29 is 0 Å². The summed E-state index contributed by atoms with van der Waals surface area (Å²) < 4.78 is 1.20. The molecule has 1 aromatic rings. The lowest BCUT2D eigenvalue weighted by Gasteiger charge is -2.39. The number of anilines is 1. The van der Waals surface area contributed by atoms with Crippen LogP contribution < -0.4 is 10.2 Å². The van der Waals surface area contributed by atoms with E-state index in [1.54, 1.807) is 0 Å². The van der Waals surface area contributed by atoms with Crippen LogP contribution in [0.5, 0.6) is 0 Å². The van der Waals surface area contributed by atoms with Gasteiger partial charge in [-0.3, -0.25) is 0 Å². The van der Waals surface area contributed by atoms with E-state index < -0.39 is 0 Å². The van der Waals surface area contributed by atoms with E-state index in [-0.39, 0.29) is 0 Å². The Morgan fingerprint density at radius 1 is 1.24 bits per heavy atom. The molecule has 1 heterocycles. The summed E-state index contributed by atoms with van der Waals surface area (Å²) in [4.78, 5) is 2.68. The van der Waals surface area contributed by atoms with Gasteiger partial charge in [0.2, 0.25) is 0 Å². The van der Waals surface area contributed by atoms with Gasteiger partial charge in [-0.1, -0.05) is 35.3 Å². The van der Waals surface area contributed by atoms with Gasteiger partial charge in [0.25, 0.3) is 0 Å². The number of nitrogens with one attached hydrogen (secondary N) is 1. The second-order valence-corrected chi connectivity index (χ2v) is 7.48. The van der Waals surface area contributed by atoms with Crippen LogP contribution >= 0.6 is 15.9 Å². The summed E-state index contributed by atoms with van der Waals surface area (Å²) in [5.41, 5.74) is 2.92. The normalized spacial score (nSPS) is 22.6. The van der Waals surface area contributed by atoms with Gasteiger partial charge >= 0.3 is 0 Å². The molecule has 1 unspecified atom stereocenters. The largest absolute Gasteiger partial charge is 0.368 e. The van der Waals surface area contributed by atoms with Gasteiger partial charge in [-0.25, -0.2) is 0 Å². The van der Waals surface area contributed by atoms with E-state index in [9.17, 15) is 0 Å². The van der Waals surface area contributed by atoms with Crippen molar-refractivity contribution >= 4 is 21.6 Å². The zero-order valence-corrected chi connectivity index (χ0v) is 14.7. The molecule has 2 nitrogen and oxygen atoms in total. The van der Waals surface area contributed by atoms with Gasteiger partial charge in [0, 0.05) is 35.3 Å². The minimum atomic E-state index is 0.734. The Morgan fingerprint density at radius 2 is 2.10 bits per heavy atom. The van der Waals surface area contributed by atoms with Crippen LogP contribution in [0.15, 0.2) is 22.7 Å². The minimum absolute atomic E-state index is 0.734. The van der Waals surface area contributed by atoms with Crippen molar-refractivity contribution in [2.24, 2.45) is 0 Å². The number of rotatable bonds is 6. The van der Waals surface area contributed by atoms with Crippen LogP contribution in [0.2, 0.25) is 0 Å². The molecule has 2 aliphatic rings. The summed E-state index contributed by atoms with van der Waals surface area (Å²) in [7, 11) is 0. The molecule has 21 heavy (non-hydrogen) atoms. The average molecular weight is 351 g/mol. The fourth-order valence-electron chi connectivity index (χ4n) is 3.45. The van der Waals surface area contributed by atoms with Crippen molar-refractivity contribution in [3.8, 4) is 0 Å². The van der Waals surface area contributed by atoms with Crippen LogP contribution in [0.4, 0.5) is 5.69 Å². The van der Waals surface area contributed by atoms with E-state index in [0.29, 0.717) is 0 Å². The third-order valence-electron chi connectivity index (χ3n) is 4.76. The Morgan fingerprint density at radius 3 is 2.86 bits per heavy atom. The number of hydrogen-bond acceptors (Lipinski definition) is 2. The molecule has 0 bridgehead atoms. The number of nitrogens with zero attached hydrogens (tertiary/aromatic N) is 1. The first-order valence-corrected chi connectivity index (χ1v) is 9.35. The minimum Gasteiger partial charge on any atom is -0.368 e. The van der Waals surface area contributed by atoms with Gasteiger partial charge in [0.1, 0.15) is 0 Å². The van der Waals surface area contributed by atoms with Crippen molar-refractivity contribution in [3.63, 3.8) is 0 Å². The fraction of sp³-hybridized carbons (Fsp3) is 0.667. The molecule has 116 valence electrons. The maximum atomic E-state index is 3.68. The predicted octanol–water partition coefficient (Wildman–Crippen LogP) is 4.86. The Hall–Kier alpha value is -0.540. The highest BCUT2D eigenvalue weighted by Gasteiger charge is 2.25. The van der Waals surface area contributed by atoms with Crippen molar-refractivity contribution in [2.45, 2.75) is 70.5 Å². The molecule has 1 aromatic carbocycles. The predicted molar refractivity (Wildman–Crippen MR) is 93.9 cm³/mol. The molecule has 1 atom stereocenters. The molecule has 1 saturated heterocycles. The maximum Gasteiger partial charge on any atom is 0.0425 e. The molecule has 1 aliphatic carbocycles. The van der Waals surface area contributed by atoms with Crippen LogP contribution in [-0.4, -0.2) is 18.6 Å². The molecule has 1 N–H and O–H groups in total. The monoisotopic (exact) mass is 350 g/mol. The topological polar surface area (TPSA) is 15.3 Å². The van der Waals surface area contributed by atoms with Crippen LogP contribution in [-0.2, 0) is 6.54 Å². The van der Waals surface area contributed by atoms with E-state index in [1.807, 2.05) is 0 Å². The van der Waals surface area contributed by atoms with Crippen molar-refractivity contribution in [3.05, 3.63) is 28.2 Å². The average Bonchev–Trinajstić information content (AvgIpc) is 3.31. The van der Waals surface area contributed by atoms with Gasteiger partial charge in [-0.05, 0) is 56.2 Å². The van der Waals surface area contributed by atoms with Crippen LogP contribution in [0.25, 0.3) is 0 Å². The van der Waals surface area contributed by atoms with Crippen LogP contribution in [0.3, 0.4) is 0 Å². The third-order valence-corrected chi connectivity index (χ3v) is 5.26. The lowest BCUT2D eigenvalue weighted by molar-refractivity contribution is 0.433. The lowest BCUT2D eigenvalue weighted by atomic mass is 9.96. The van der Waals surface area contributed by atoms with Crippen molar-refractivity contribution in [1.82, 2.24) is 5.32 Å². The Labute approximate surface area is 137 Å². The number of halogens is 1. The molecule has 1 saturated carbocycles. The van der Waals surface area contributed by atoms with E-state index in [0.717, 1.165) is 18.6 Å². The molecule has 0 aromatic heterocycles. The Kier molecular flexibility index (Phi) is 5.23. The summed E-state index contributed by atoms with van der Waals surface area (Å²) >= 11 is 3.67. The van der Waals surface area contributed by atoms with Gasteiger partial charge in [-0.2, -0.15) is 0 Å². The zero-order valence-electron chi connectivity index (χ0n) is 13.1. The molecular weight excluding hydrogens is 324 g/mol. The van der Waals surface area contributed by atoms with Crippen molar-refractivity contribution in [1.29, 1.82) is 0 Å². The summed E-state index contributed by atoms with van der Waals surface area (Å²) in [5.74, 6) is 0. The second kappa shape index (κ2) is 7.15. The Bertz CT molecular complexity index is 468. The number of benzene rings is 1. The molecule has 2 fully saturated rings. The van der Waals surface area contributed by atoms with Gasteiger partial charge in [0.05, 0.1) is 0 Å². The fourth-order valence-corrected chi connectivity index (χ4v) is 3.80. The summed E-state index contributed by atoms with van der Waals surface area (Å²) in [6.07, 6.45) is 9.40. The molecule has 0 amide bonds.